The van der Waals surface area contributed by atoms with Gasteiger partial charge in [-0.15, -0.1) is 11.8 Å². The van der Waals surface area contributed by atoms with E-state index in [0.717, 1.165) is 4.90 Å². The summed E-state index contributed by atoms with van der Waals surface area (Å²) in [5.74, 6) is 0.934. The van der Waals surface area contributed by atoms with Gasteiger partial charge in [-0.2, -0.15) is 0 Å². The molecule has 0 bridgehead atoms. The molecule has 0 saturated carbocycles. The standard InChI is InChI=1S/C23H21ClN2O4S/c1-29-18-8-4-16(5-9-18)22(27)26-21(15-19-3-2-13-30-19)23(28)25-12-14-31-20-10-6-17(24)7-11-20/h2-11,13,15H,12,14H2,1H3,(H,25,28)(H,26,27)/b21-15-. The molecule has 160 valence electrons. The molecule has 1 heterocycles. The summed E-state index contributed by atoms with van der Waals surface area (Å²) >= 11 is 7.48. The van der Waals surface area contributed by atoms with Crippen LogP contribution in [0.3, 0.4) is 0 Å². The second-order valence-corrected chi connectivity index (χ2v) is 7.92. The lowest BCUT2D eigenvalue weighted by atomic mass is 10.2. The van der Waals surface area contributed by atoms with Crippen molar-refractivity contribution in [3.8, 4) is 5.75 Å². The second kappa shape index (κ2) is 11.3. The minimum Gasteiger partial charge on any atom is -0.497 e. The summed E-state index contributed by atoms with van der Waals surface area (Å²) in [5, 5.41) is 6.16. The van der Waals surface area contributed by atoms with E-state index in [9.17, 15) is 9.59 Å². The molecule has 0 atom stereocenters. The number of nitrogens with one attached hydrogen (secondary N) is 2. The average Bonchev–Trinajstić information content (AvgIpc) is 3.30. The van der Waals surface area contributed by atoms with Gasteiger partial charge in [0.1, 0.15) is 17.2 Å². The van der Waals surface area contributed by atoms with Gasteiger partial charge in [-0.1, -0.05) is 11.6 Å². The number of thioether (sulfide) groups is 1. The van der Waals surface area contributed by atoms with Crippen molar-refractivity contribution in [3.63, 3.8) is 0 Å². The highest BCUT2D eigenvalue weighted by atomic mass is 35.5. The largest absolute Gasteiger partial charge is 0.497 e. The molecular formula is C23H21ClN2O4S. The van der Waals surface area contributed by atoms with Gasteiger partial charge in [0, 0.05) is 33.9 Å². The van der Waals surface area contributed by atoms with Gasteiger partial charge < -0.3 is 19.8 Å². The second-order valence-electron chi connectivity index (χ2n) is 6.31. The molecular weight excluding hydrogens is 436 g/mol. The third-order valence-corrected chi connectivity index (χ3v) is 5.41. The number of rotatable bonds is 9. The van der Waals surface area contributed by atoms with Gasteiger partial charge in [0.25, 0.3) is 11.8 Å². The normalized spacial score (nSPS) is 11.1. The summed E-state index contributed by atoms with van der Waals surface area (Å²) in [7, 11) is 1.55. The van der Waals surface area contributed by atoms with Crippen molar-refractivity contribution in [1.82, 2.24) is 10.6 Å². The van der Waals surface area contributed by atoms with Crippen LogP contribution in [0.25, 0.3) is 6.08 Å². The molecule has 2 amide bonds. The Balaban J connectivity index is 1.61. The zero-order valence-electron chi connectivity index (χ0n) is 16.8. The lowest BCUT2D eigenvalue weighted by molar-refractivity contribution is -0.117. The summed E-state index contributed by atoms with van der Waals surface area (Å²) in [5.41, 5.74) is 0.490. The van der Waals surface area contributed by atoms with Gasteiger partial charge in [0.15, 0.2) is 0 Å². The van der Waals surface area contributed by atoms with Crippen LogP contribution < -0.4 is 15.4 Å². The van der Waals surface area contributed by atoms with Crippen LogP contribution in [0.5, 0.6) is 5.75 Å². The quantitative estimate of drug-likeness (QED) is 0.279. The Labute approximate surface area is 189 Å². The number of furan rings is 1. The van der Waals surface area contributed by atoms with Crippen LogP contribution in [0.4, 0.5) is 0 Å². The minimum atomic E-state index is -0.411. The molecule has 6 nitrogen and oxygen atoms in total. The number of carbonyl (C=O) groups excluding carboxylic acids is 2. The summed E-state index contributed by atoms with van der Waals surface area (Å²) in [4.78, 5) is 26.4. The van der Waals surface area contributed by atoms with Crippen LogP contribution in [-0.2, 0) is 4.79 Å². The highest BCUT2D eigenvalue weighted by Gasteiger charge is 2.15. The van der Waals surface area contributed by atoms with Gasteiger partial charge in [-0.25, -0.2) is 0 Å². The first kappa shape index (κ1) is 22.5. The van der Waals surface area contributed by atoms with E-state index in [1.54, 1.807) is 55.3 Å². The molecule has 1 aromatic heterocycles. The van der Waals surface area contributed by atoms with E-state index in [4.69, 9.17) is 20.8 Å². The van der Waals surface area contributed by atoms with Crippen molar-refractivity contribution < 1.29 is 18.7 Å². The topological polar surface area (TPSA) is 80.6 Å². The number of methoxy groups -OCH3 is 1. The smallest absolute Gasteiger partial charge is 0.267 e. The maximum absolute atomic E-state index is 12.7. The van der Waals surface area contributed by atoms with Gasteiger partial charge >= 0.3 is 0 Å². The van der Waals surface area contributed by atoms with Crippen molar-refractivity contribution in [2.24, 2.45) is 0 Å². The Bertz CT molecular complexity index is 1030. The first-order valence-corrected chi connectivity index (χ1v) is 10.8. The molecule has 0 saturated heterocycles. The van der Waals surface area contributed by atoms with E-state index < -0.39 is 11.8 Å². The molecule has 0 aliphatic heterocycles. The van der Waals surface area contributed by atoms with Gasteiger partial charge in [-0.3, -0.25) is 9.59 Å². The maximum Gasteiger partial charge on any atom is 0.267 e. The van der Waals surface area contributed by atoms with Crippen LogP contribution in [0.1, 0.15) is 16.1 Å². The predicted octanol–water partition coefficient (Wildman–Crippen LogP) is 4.62. The van der Waals surface area contributed by atoms with E-state index in [0.29, 0.717) is 34.4 Å². The van der Waals surface area contributed by atoms with Crippen molar-refractivity contribution in [2.45, 2.75) is 4.90 Å². The Hall–Kier alpha value is -3.16. The van der Waals surface area contributed by atoms with Crippen molar-refractivity contribution in [2.75, 3.05) is 19.4 Å². The summed E-state index contributed by atoms with van der Waals surface area (Å²) < 4.78 is 10.4. The maximum atomic E-state index is 12.7. The summed E-state index contributed by atoms with van der Waals surface area (Å²) in [6.07, 6.45) is 2.98. The molecule has 0 radical (unpaired) electrons. The first-order valence-electron chi connectivity index (χ1n) is 9.42. The molecule has 0 aliphatic rings. The fourth-order valence-corrected chi connectivity index (χ4v) is 3.46. The first-order chi connectivity index (χ1) is 15.0. The molecule has 0 aliphatic carbocycles. The van der Waals surface area contributed by atoms with Gasteiger partial charge in [0.05, 0.1) is 13.4 Å². The highest BCUT2D eigenvalue weighted by molar-refractivity contribution is 7.99. The SMILES string of the molecule is COc1ccc(C(=O)N/C(=C\c2ccco2)C(=O)NCCSc2ccc(Cl)cc2)cc1. The Morgan fingerprint density at radius 2 is 1.84 bits per heavy atom. The van der Waals surface area contributed by atoms with Crippen LogP contribution in [0, 0.1) is 0 Å². The van der Waals surface area contributed by atoms with Crippen molar-refractivity contribution in [3.05, 3.63) is 89.0 Å². The van der Waals surface area contributed by atoms with Crippen LogP contribution >= 0.6 is 23.4 Å². The van der Waals surface area contributed by atoms with E-state index in [1.165, 1.54) is 12.3 Å². The Morgan fingerprint density at radius 1 is 1.10 bits per heavy atom. The van der Waals surface area contributed by atoms with E-state index in [1.807, 2.05) is 24.3 Å². The third-order valence-electron chi connectivity index (χ3n) is 4.14. The van der Waals surface area contributed by atoms with Gasteiger partial charge in [-0.05, 0) is 60.7 Å². The lowest BCUT2D eigenvalue weighted by Gasteiger charge is -2.11. The molecule has 3 rings (SSSR count). The minimum absolute atomic E-state index is 0.0901. The van der Waals surface area contributed by atoms with E-state index in [-0.39, 0.29) is 5.70 Å². The molecule has 2 N–H and O–H groups in total. The highest BCUT2D eigenvalue weighted by Crippen LogP contribution is 2.19. The molecule has 3 aromatic rings. The fraction of sp³-hybridized carbons (Fsp3) is 0.130. The summed E-state index contributed by atoms with van der Waals surface area (Å²) in [6.45, 7) is 0.417. The number of carbonyl (C=O) groups is 2. The lowest BCUT2D eigenvalue weighted by Crippen LogP contribution is -2.35. The number of halogens is 1. The molecule has 2 aromatic carbocycles. The number of ether oxygens (including phenoxy) is 1. The monoisotopic (exact) mass is 456 g/mol. The molecule has 0 unspecified atom stereocenters. The number of amides is 2. The predicted molar refractivity (Wildman–Crippen MR) is 122 cm³/mol. The molecule has 8 heteroatoms. The number of hydrogen-bond acceptors (Lipinski definition) is 5. The summed E-state index contributed by atoms with van der Waals surface area (Å²) in [6, 6.07) is 17.5. The Morgan fingerprint density at radius 3 is 2.48 bits per heavy atom. The van der Waals surface area contributed by atoms with Gasteiger partial charge in [0.2, 0.25) is 0 Å². The fourth-order valence-electron chi connectivity index (χ4n) is 2.57. The van der Waals surface area contributed by atoms with E-state index >= 15 is 0 Å². The zero-order valence-corrected chi connectivity index (χ0v) is 18.3. The number of hydrogen-bond donors (Lipinski definition) is 2. The third kappa shape index (κ3) is 6.94. The van der Waals surface area contributed by atoms with Crippen molar-refractivity contribution in [1.29, 1.82) is 0 Å². The molecule has 0 fully saturated rings. The zero-order chi connectivity index (χ0) is 22.1. The number of benzene rings is 2. The molecule has 0 spiro atoms. The van der Waals surface area contributed by atoms with Crippen LogP contribution in [-0.4, -0.2) is 31.2 Å². The van der Waals surface area contributed by atoms with Crippen LogP contribution in [0.2, 0.25) is 5.02 Å². The Kier molecular flexibility index (Phi) is 8.20. The van der Waals surface area contributed by atoms with Crippen LogP contribution in [0.15, 0.2) is 81.9 Å². The van der Waals surface area contributed by atoms with E-state index in [2.05, 4.69) is 10.6 Å². The average molecular weight is 457 g/mol. The van der Waals surface area contributed by atoms with Crippen molar-refractivity contribution >= 4 is 41.3 Å². The molecule has 31 heavy (non-hydrogen) atoms.